The van der Waals surface area contributed by atoms with Crippen molar-refractivity contribution in [2.75, 3.05) is 13.6 Å². The van der Waals surface area contributed by atoms with E-state index in [0.29, 0.717) is 10.6 Å². The summed E-state index contributed by atoms with van der Waals surface area (Å²) in [6.45, 7) is 0.211. The molecule has 4 heteroatoms. The molecule has 0 atom stereocenters. The van der Waals surface area contributed by atoms with Crippen LogP contribution in [0.5, 0.6) is 5.75 Å². The fourth-order valence-electron chi connectivity index (χ4n) is 2.15. The number of nitrogens with one attached hydrogen (secondary N) is 1. The molecule has 0 radical (unpaired) electrons. The van der Waals surface area contributed by atoms with Gasteiger partial charge in [0.25, 0.3) is 0 Å². The summed E-state index contributed by atoms with van der Waals surface area (Å²) in [6.07, 6.45) is 2.87. The number of likely N-dealkylation sites (N-methyl/N-ethyl adjacent to an activating group) is 1. The molecule has 1 aromatic carbocycles. The second-order valence-electron chi connectivity index (χ2n) is 4.03. The predicted octanol–water partition coefficient (Wildman–Crippen LogP) is 1.94. The van der Waals surface area contributed by atoms with Crippen LogP contribution in [0.15, 0.2) is 6.07 Å². The molecule has 0 amide bonds. The number of hydrogen-bond donors (Lipinski definition) is 2. The van der Waals surface area contributed by atoms with Gasteiger partial charge in [-0.15, -0.1) is 0 Å². The number of phenolic OH excluding ortho intramolecular Hbond substituents is 1. The molecule has 0 saturated heterocycles. The van der Waals surface area contributed by atoms with Gasteiger partial charge in [-0.1, -0.05) is 11.6 Å². The third-order valence-electron chi connectivity index (χ3n) is 2.94. The van der Waals surface area contributed by atoms with Crippen LogP contribution in [0.3, 0.4) is 0 Å². The van der Waals surface area contributed by atoms with Crippen molar-refractivity contribution < 1.29 is 9.90 Å². The van der Waals surface area contributed by atoms with E-state index in [1.807, 2.05) is 0 Å². The minimum Gasteiger partial charge on any atom is -0.506 e. The molecule has 0 spiro atoms. The molecule has 0 saturated carbocycles. The molecule has 86 valence electrons. The maximum atomic E-state index is 11.7. The molecule has 2 N–H and O–H groups in total. The minimum atomic E-state index is -0.128. The first-order chi connectivity index (χ1) is 7.65. The highest BCUT2D eigenvalue weighted by atomic mass is 35.5. The number of halogens is 1. The van der Waals surface area contributed by atoms with E-state index < -0.39 is 0 Å². The summed E-state index contributed by atoms with van der Waals surface area (Å²) in [7, 11) is 1.70. The Bertz CT molecular complexity index is 443. The van der Waals surface area contributed by atoms with Gasteiger partial charge < -0.3 is 10.4 Å². The summed E-state index contributed by atoms with van der Waals surface area (Å²) in [6, 6.07) is 1.78. The molecule has 1 aromatic rings. The Morgan fingerprint density at radius 2 is 2.31 bits per heavy atom. The molecule has 0 bridgehead atoms. The Morgan fingerprint density at radius 1 is 1.56 bits per heavy atom. The number of ketones is 1. The fourth-order valence-corrected chi connectivity index (χ4v) is 2.47. The van der Waals surface area contributed by atoms with Crippen molar-refractivity contribution in [1.82, 2.24) is 5.32 Å². The van der Waals surface area contributed by atoms with Gasteiger partial charge in [0.2, 0.25) is 0 Å². The van der Waals surface area contributed by atoms with Crippen molar-refractivity contribution in [3.63, 3.8) is 0 Å². The van der Waals surface area contributed by atoms with Gasteiger partial charge in [-0.2, -0.15) is 0 Å². The predicted molar refractivity (Wildman–Crippen MR) is 63.4 cm³/mol. The van der Waals surface area contributed by atoms with Crippen LogP contribution in [-0.2, 0) is 12.8 Å². The zero-order chi connectivity index (χ0) is 11.7. The van der Waals surface area contributed by atoms with Gasteiger partial charge in [0, 0.05) is 0 Å². The normalized spacial score (nSPS) is 13.9. The quantitative estimate of drug-likeness (QED) is 0.793. The number of hydrogen-bond acceptors (Lipinski definition) is 3. The average Bonchev–Trinajstić information content (AvgIpc) is 2.71. The summed E-state index contributed by atoms with van der Waals surface area (Å²) in [5.74, 6) is -0.195. The lowest BCUT2D eigenvalue weighted by Crippen LogP contribution is -2.19. The Balaban J connectivity index is 2.47. The molecule has 1 aliphatic rings. The van der Waals surface area contributed by atoms with Crippen LogP contribution in [0.2, 0.25) is 5.02 Å². The van der Waals surface area contributed by atoms with E-state index in [2.05, 4.69) is 5.32 Å². The fraction of sp³-hybridized carbons (Fsp3) is 0.417. The van der Waals surface area contributed by atoms with E-state index in [1.165, 1.54) is 0 Å². The van der Waals surface area contributed by atoms with Crippen LogP contribution >= 0.6 is 11.6 Å². The van der Waals surface area contributed by atoms with Crippen molar-refractivity contribution in [1.29, 1.82) is 0 Å². The largest absolute Gasteiger partial charge is 0.506 e. The molecule has 1 aliphatic carbocycles. The number of carbonyl (C=O) groups excluding carboxylic acids is 1. The summed E-state index contributed by atoms with van der Waals surface area (Å²) in [4.78, 5) is 11.7. The molecule has 0 aromatic heterocycles. The topological polar surface area (TPSA) is 49.3 Å². The van der Waals surface area contributed by atoms with E-state index in [0.717, 1.165) is 30.4 Å². The molecule has 0 heterocycles. The van der Waals surface area contributed by atoms with E-state index in [1.54, 1.807) is 13.1 Å². The van der Waals surface area contributed by atoms with Gasteiger partial charge in [0.05, 0.1) is 17.1 Å². The van der Waals surface area contributed by atoms with Crippen LogP contribution in [-0.4, -0.2) is 24.5 Å². The molecule has 0 fully saturated rings. The Morgan fingerprint density at radius 3 is 3.00 bits per heavy atom. The van der Waals surface area contributed by atoms with Gasteiger partial charge in [-0.05, 0) is 43.5 Å². The summed E-state index contributed by atoms with van der Waals surface area (Å²) >= 11 is 6.07. The van der Waals surface area contributed by atoms with Gasteiger partial charge in [-0.25, -0.2) is 0 Å². The molecule has 0 unspecified atom stereocenters. The first kappa shape index (κ1) is 11.4. The number of aromatic hydroxyl groups is 1. The maximum absolute atomic E-state index is 11.7. The summed E-state index contributed by atoms with van der Waals surface area (Å²) in [5, 5.41) is 13.0. The number of Topliss-reactive ketones (excluding diaryl/α,β-unsaturated/α-hetero) is 1. The van der Waals surface area contributed by atoms with E-state index in [4.69, 9.17) is 11.6 Å². The lowest BCUT2D eigenvalue weighted by molar-refractivity contribution is 0.0991. The first-order valence-corrected chi connectivity index (χ1v) is 5.74. The van der Waals surface area contributed by atoms with Crippen molar-refractivity contribution >= 4 is 17.4 Å². The zero-order valence-electron chi connectivity index (χ0n) is 9.14. The van der Waals surface area contributed by atoms with Crippen molar-refractivity contribution in [2.24, 2.45) is 0 Å². The number of carbonyl (C=O) groups is 1. The molecule has 3 nitrogen and oxygen atoms in total. The van der Waals surface area contributed by atoms with Crippen LogP contribution in [0, 0.1) is 0 Å². The number of benzene rings is 1. The van der Waals surface area contributed by atoms with E-state index in [9.17, 15) is 9.90 Å². The van der Waals surface area contributed by atoms with Gasteiger partial charge in [0.15, 0.2) is 5.78 Å². The minimum absolute atomic E-state index is 0.0671. The first-order valence-electron chi connectivity index (χ1n) is 5.36. The SMILES string of the molecule is CNCC(=O)c1cc2c(c(Cl)c1O)CCC2. The van der Waals surface area contributed by atoms with Gasteiger partial charge >= 0.3 is 0 Å². The highest BCUT2D eigenvalue weighted by Gasteiger charge is 2.22. The number of aryl methyl sites for hydroxylation is 1. The van der Waals surface area contributed by atoms with Crippen LogP contribution in [0.25, 0.3) is 0 Å². The lowest BCUT2D eigenvalue weighted by Gasteiger charge is -2.10. The highest BCUT2D eigenvalue weighted by molar-refractivity contribution is 6.33. The summed E-state index contributed by atoms with van der Waals surface area (Å²) in [5.41, 5.74) is 2.43. The molecule has 16 heavy (non-hydrogen) atoms. The second-order valence-corrected chi connectivity index (χ2v) is 4.41. The number of fused-ring (bicyclic) bond motifs is 1. The molecular formula is C12H14ClNO2. The Labute approximate surface area is 99.4 Å². The lowest BCUT2D eigenvalue weighted by atomic mass is 10.0. The monoisotopic (exact) mass is 239 g/mol. The standard InChI is InChI=1S/C12H14ClNO2/c1-14-6-10(15)9-5-7-3-2-4-8(7)11(13)12(9)16/h5,14,16H,2-4,6H2,1H3. The number of phenols is 1. The Kier molecular flexibility index (Phi) is 3.17. The highest BCUT2D eigenvalue weighted by Crippen LogP contribution is 2.38. The summed E-state index contributed by atoms with van der Waals surface area (Å²) < 4.78 is 0. The third kappa shape index (κ3) is 1.81. The average molecular weight is 240 g/mol. The second kappa shape index (κ2) is 4.44. The van der Waals surface area contributed by atoms with Crippen molar-refractivity contribution in [3.05, 3.63) is 27.8 Å². The van der Waals surface area contributed by atoms with E-state index in [-0.39, 0.29) is 18.1 Å². The van der Waals surface area contributed by atoms with Crippen molar-refractivity contribution in [2.45, 2.75) is 19.3 Å². The van der Waals surface area contributed by atoms with Crippen LogP contribution in [0.4, 0.5) is 0 Å². The smallest absolute Gasteiger partial charge is 0.180 e. The van der Waals surface area contributed by atoms with E-state index >= 15 is 0 Å². The van der Waals surface area contributed by atoms with Crippen LogP contribution in [0.1, 0.15) is 27.9 Å². The molecule has 0 aliphatic heterocycles. The molecule has 2 rings (SSSR count). The van der Waals surface area contributed by atoms with Crippen LogP contribution < -0.4 is 5.32 Å². The third-order valence-corrected chi connectivity index (χ3v) is 3.35. The van der Waals surface area contributed by atoms with Gasteiger partial charge in [0.1, 0.15) is 5.75 Å². The Hall–Kier alpha value is -1.06. The number of rotatable bonds is 3. The van der Waals surface area contributed by atoms with Gasteiger partial charge in [-0.3, -0.25) is 4.79 Å². The molecular weight excluding hydrogens is 226 g/mol. The van der Waals surface area contributed by atoms with Crippen molar-refractivity contribution in [3.8, 4) is 5.75 Å². The zero-order valence-corrected chi connectivity index (χ0v) is 9.90. The maximum Gasteiger partial charge on any atom is 0.180 e.